The van der Waals surface area contributed by atoms with Crippen molar-refractivity contribution in [1.82, 2.24) is 25.8 Å². The normalized spacial score (nSPS) is 12.7. The second-order valence-electron chi connectivity index (χ2n) is 5.88. The van der Waals surface area contributed by atoms with Crippen LogP contribution in [-0.4, -0.2) is 28.2 Å². The zero-order valence-electron chi connectivity index (χ0n) is 14.7. The molecule has 1 aromatic heterocycles. The fourth-order valence-electron chi connectivity index (χ4n) is 2.59. The van der Waals surface area contributed by atoms with E-state index in [9.17, 15) is 0 Å². The molecule has 0 aliphatic rings. The molecule has 0 fully saturated rings. The Balaban J connectivity index is 1.61. The fraction of sp³-hybridized carbons (Fsp3) is 0.211. The van der Waals surface area contributed by atoms with Crippen LogP contribution in [0.5, 0.6) is 0 Å². The third-order valence-corrected chi connectivity index (χ3v) is 4.27. The van der Waals surface area contributed by atoms with Crippen molar-refractivity contribution in [3.63, 3.8) is 0 Å². The first-order valence-corrected chi connectivity index (χ1v) is 8.71. The van der Waals surface area contributed by atoms with Crippen LogP contribution in [0.3, 0.4) is 0 Å². The van der Waals surface area contributed by atoms with Crippen LogP contribution in [-0.2, 0) is 6.54 Å². The van der Waals surface area contributed by atoms with Gasteiger partial charge in [-0.15, -0.1) is 0 Å². The van der Waals surface area contributed by atoms with Gasteiger partial charge in [-0.25, -0.2) is 4.98 Å². The highest BCUT2D eigenvalue weighted by Gasteiger charge is 2.08. The highest BCUT2D eigenvalue weighted by atomic mass is 35.5. The number of halogens is 1. The molecule has 7 heteroatoms. The lowest BCUT2D eigenvalue weighted by molar-refractivity contribution is 0.685. The van der Waals surface area contributed by atoms with Gasteiger partial charge in [0.25, 0.3) is 0 Å². The first-order valence-electron chi connectivity index (χ1n) is 8.33. The summed E-state index contributed by atoms with van der Waals surface area (Å²) < 4.78 is 0. The van der Waals surface area contributed by atoms with E-state index < -0.39 is 0 Å². The maximum Gasteiger partial charge on any atom is 0.191 e. The van der Waals surface area contributed by atoms with Crippen molar-refractivity contribution in [2.24, 2.45) is 4.99 Å². The number of H-pyrrole nitrogens is 1. The molecule has 1 heterocycles. The summed E-state index contributed by atoms with van der Waals surface area (Å²) in [4.78, 5) is 8.48. The van der Waals surface area contributed by atoms with Crippen LogP contribution in [0.2, 0.25) is 5.02 Å². The second kappa shape index (κ2) is 8.49. The molecule has 3 N–H and O–H groups in total. The smallest absolute Gasteiger partial charge is 0.191 e. The molecule has 3 rings (SSSR count). The van der Waals surface area contributed by atoms with Gasteiger partial charge >= 0.3 is 0 Å². The van der Waals surface area contributed by atoms with E-state index in [0.717, 1.165) is 33.5 Å². The molecule has 0 aliphatic carbocycles. The summed E-state index contributed by atoms with van der Waals surface area (Å²) in [5.41, 5.74) is 3.27. The van der Waals surface area contributed by atoms with Crippen LogP contribution in [0, 0.1) is 0 Å². The molecular weight excluding hydrogens is 348 g/mol. The number of aromatic amines is 1. The molecule has 0 saturated carbocycles. The van der Waals surface area contributed by atoms with Gasteiger partial charge in [-0.05, 0) is 36.2 Å². The SMILES string of the molecule is CN=C(NCc1cccc(-c2ncn[nH]2)c1)NC(C)c1ccc(Cl)cc1. The second-order valence-corrected chi connectivity index (χ2v) is 6.31. The molecule has 0 bridgehead atoms. The Morgan fingerprint density at radius 1 is 1.23 bits per heavy atom. The Bertz CT molecular complexity index is 858. The van der Waals surface area contributed by atoms with Crippen LogP contribution in [0.1, 0.15) is 24.1 Å². The molecule has 26 heavy (non-hydrogen) atoms. The van der Waals surface area contributed by atoms with Crippen molar-refractivity contribution in [3.8, 4) is 11.4 Å². The summed E-state index contributed by atoms with van der Waals surface area (Å²) in [6.45, 7) is 2.73. The van der Waals surface area contributed by atoms with Crippen LogP contribution in [0.25, 0.3) is 11.4 Å². The molecule has 1 unspecified atom stereocenters. The van der Waals surface area contributed by atoms with E-state index in [-0.39, 0.29) is 6.04 Å². The Morgan fingerprint density at radius 3 is 2.73 bits per heavy atom. The minimum Gasteiger partial charge on any atom is -0.352 e. The summed E-state index contributed by atoms with van der Waals surface area (Å²) in [6.07, 6.45) is 1.50. The zero-order chi connectivity index (χ0) is 18.4. The van der Waals surface area contributed by atoms with Crippen LogP contribution >= 0.6 is 11.6 Å². The van der Waals surface area contributed by atoms with Crippen molar-refractivity contribution < 1.29 is 0 Å². The van der Waals surface area contributed by atoms with Crippen LogP contribution in [0.15, 0.2) is 59.9 Å². The molecule has 1 atom stereocenters. The van der Waals surface area contributed by atoms with E-state index in [0.29, 0.717) is 6.54 Å². The van der Waals surface area contributed by atoms with E-state index in [4.69, 9.17) is 11.6 Å². The van der Waals surface area contributed by atoms with E-state index in [2.05, 4.69) is 49.9 Å². The number of benzene rings is 2. The van der Waals surface area contributed by atoms with Gasteiger partial charge in [-0.2, -0.15) is 5.10 Å². The molecule has 134 valence electrons. The molecule has 6 nitrogen and oxygen atoms in total. The predicted molar refractivity (Wildman–Crippen MR) is 105 cm³/mol. The van der Waals surface area contributed by atoms with Crippen molar-refractivity contribution in [1.29, 1.82) is 0 Å². The van der Waals surface area contributed by atoms with E-state index >= 15 is 0 Å². The highest BCUT2D eigenvalue weighted by Crippen LogP contribution is 2.17. The van der Waals surface area contributed by atoms with Gasteiger partial charge in [0.05, 0.1) is 6.04 Å². The monoisotopic (exact) mass is 368 g/mol. The van der Waals surface area contributed by atoms with E-state index in [1.807, 2.05) is 36.4 Å². The van der Waals surface area contributed by atoms with Gasteiger partial charge in [0, 0.05) is 24.2 Å². The Hall–Kier alpha value is -2.86. The molecular formula is C19H21ClN6. The maximum absolute atomic E-state index is 5.95. The third-order valence-electron chi connectivity index (χ3n) is 4.02. The molecule has 0 amide bonds. The number of aromatic nitrogens is 3. The number of aliphatic imine (C=N–C) groups is 1. The average Bonchev–Trinajstić information content (AvgIpc) is 3.20. The molecule has 0 radical (unpaired) electrons. The maximum atomic E-state index is 5.95. The van der Waals surface area contributed by atoms with E-state index in [1.165, 1.54) is 6.33 Å². The topological polar surface area (TPSA) is 78.0 Å². The number of hydrogen-bond donors (Lipinski definition) is 3. The Labute approximate surface area is 157 Å². The summed E-state index contributed by atoms with van der Waals surface area (Å²) in [5.74, 6) is 1.49. The van der Waals surface area contributed by atoms with Gasteiger partial charge in [-0.1, -0.05) is 41.9 Å². The summed E-state index contributed by atoms with van der Waals surface area (Å²) in [7, 11) is 1.76. The first-order chi connectivity index (χ1) is 12.7. The summed E-state index contributed by atoms with van der Waals surface area (Å²) in [5, 5.41) is 14.2. The molecule has 2 aromatic carbocycles. The van der Waals surface area contributed by atoms with Gasteiger partial charge < -0.3 is 10.6 Å². The summed E-state index contributed by atoms with van der Waals surface area (Å²) >= 11 is 5.95. The number of nitrogens with one attached hydrogen (secondary N) is 3. The number of rotatable bonds is 5. The van der Waals surface area contributed by atoms with Gasteiger partial charge in [0.2, 0.25) is 0 Å². The zero-order valence-corrected chi connectivity index (χ0v) is 15.5. The highest BCUT2D eigenvalue weighted by molar-refractivity contribution is 6.30. The average molecular weight is 369 g/mol. The van der Waals surface area contributed by atoms with Crippen LogP contribution < -0.4 is 10.6 Å². The minimum atomic E-state index is 0.110. The Kier molecular flexibility index (Phi) is 5.86. The minimum absolute atomic E-state index is 0.110. The largest absolute Gasteiger partial charge is 0.352 e. The quantitative estimate of drug-likeness (QED) is 0.475. The van der Waals surface area contributed by atoms with Crippen molar-refractivity contribution in [2.75, 3.05) is 7.05 Å². The fourth-order valence-corrected chi connectivity index (χ4v) is 2.72. The van der Waals surface area contributed by atoms with Crippen molar-refractivity contribution in [2.45, 2.75) is 19.5 Å². The van der Waals surface area contributed by atoms with Crippen LogP contribution in [0.4, 0.5) is 0 Å². The molecule has 0 spiro atoms. The lowest BCUT2D eigenvalue weighted by Crippen LogP contribution is -2.38. The van der Waals surface area contributed by atoms with E-state index in [1.54, 1.807) is 7.05 Å². The van der Waals surface area contributed by atoms with Gasteiger partial charge in [0.1, 0.15) is 6.33 Å². The molecule has 0 saturated heterocycles. The lowest BCUT2D eigenvalue weighted by atomic mass is 10.1. The lowest BCUT2D eigenvalue weighted by Gasteiger charge is -2.18. The summed E-state index contributed by atoms with van der Waals surface area (Å²) in [6, 6.07) is 16.0. The molecule has 3 aromatic rings. The number of hydrogen-bond acceptors (Lipinski definition) is 3. The number of guanidine groups is 1. The third kappa shape index (κ3) is 4.61. The first kappa shape index (κ1) is 17.9. The van der Waals surface area contributed by atoms with Crippen molar-refractivity contribution in [3.05, 3.63) is 71.0 Å². The van der Waals surface area contributed by atoms with Gasteiger partial charge in [0.15, 0.2) is 11.8 Å². The van der Waals surface area contributed by atoms with Gasteiger partial charge in [-0.3, -0.25) is 10.1 Å². The predicted octanol–water partition coefficient (Wildman–Crippen LogP) is 3.55. The Morgan fingerprint density at radius 2 is 2.04 bits per heavy atom. The van der Waals surface area contributed by atoms with Crippen molar-refractivity contribution >= 4 is 17.6 Å². The number of nitrogens with zero attached hydrogens (tertiary/aromatic N) is 3. The molecule has 0 aliphatic heterocycles. The standard InChI is InChI=1S/C19H21ClN6/c1-13(15-6-8-17(20)9-7-15)25-19(21-2)22-11-14-4-3-5-16(10-14)18-23-12-24-26-18/h3-10,12-13H,11H2,1-2H3,(H2,21,22,25)(H,23,24,26).